The molecule has 2 heterocycles. The maximum absolute atomic E-state index is 6.70. The second-order valence-electron chi connectivity index (χ2n) is 12.1. The van der Waals surface area contributed by atoms with Crippen LogP contribution in [0.15, 0.2) is 187 Å². The maximum Gasteiger partial charge on any atom is 0.177 e. The first-order valence-corrected chi connectivity index (χ1v) is 16.2. The fraction of sp³-hybridized carbons (Fsp3) is 0. The number of fused-ring (bicyclic) bond motifs is 4. The van der Waals surface area contributed by atoms with Gasteiger partial charge in [-0.15, -0.1) is 0 Å². The van der Waals surface area contributed by atoms with Crippen molar-refractivity contribution in [3.05, 3.63) is 182 Å². The van der Waals surface area contributed by atoms with Gasteiger partial charge >= 0.3 is 0 Å². The van der Waals surface area contributed by atoms with E-state index in [0.29, 0.717) is 0 Å². The Labute approximate surface area is 279 Å². The van der Waals surface area contributed by atoms with Crippen molar-refractivity contribution in [3.63, 3.8) is 0 Å². The predicted octanol–water partition coefficient (Wildman–Crippen LogP) is 12.6. The third-order valence-corrected chi connectivity index (χ3v) is 9.08. The lowest BCUT2D eigenvalue weighted by Crippen LogP contribution is -2.10. The molecule has 3 heteroatoms. The lowest BCUT2D eigenvalue weighted by atomic mass is 9.99. The summed E-state index contributed by atoms with van der Waals surface area (Å²) in [7, 11) is 0. The van der Waals surface area contributed by atoms with Gasteiger partial charge in [-0.2, -0.15) is 0 Å². The molecule has 3 nitrogen and oxygen atoms in total. The summed E-state index contributed by atoms with van der Waals surface area (Å²) in [5, 5.41) is 3.32. The van der Waals surface area contributed by atoms with E-state index in [2.05, 4.69) is 181 Å². The molecule has 0 spiro atoms. The topological polar surface area (TPSA) is 29.3 Å². The Morgan fingerprint density at radius 1 is 0.417 bits per heavy atom. The van der Waals surface area contributed by atoms with E-state index in [0.717, 1.165) is 61.2 Å². The number of aromatic nitrogens is 1. The van der Waals surface area contributed by atoms with Crippen LogP contribution in [0.25, 0.3) is 66.2 Å². The van der Waals surface area contributed by atoms with Gasteiger partial charge in [0, 0.05) is 23.0 Å². The van der Waals surface area contributed by atoms with Crippen LogP contribution in [-0.2, 0) is 0 Å². The molecule has 0 unspecified atom stereocenters. The number of nitrogens with zero attached hydrogens (tertiary/aromatic N) is 2. The lowest BCUT2D eigenvalue weighted by molar-refractivity contribution is 0.669. The SMILES string of the molecule is c1ccc(-c2ccc(-c3cccc(N(c4cccc(-c5ccccc5)c4)c4ccnc5c4oc4cc6ccccc6cc45)c3)cc2)cc1. The van der Waals surface area contributed by atoms with Crippen molar-refractivity contribution in [2.24, 2.45) is 0 Å². The van der Waals surface area contributed by atoms with Gasteiger partial charge in [-0.1, -0.05) is 133 Å². The van der Waals surface area contributed by atoms with Gasteiger partial charge in [0.05, 0.1) is 5.69 Å². The molecule has 226 valence electrons. The molecule has 0 saturated heterocycles. The summed E-state index contributed by atoms with van der Waals surface area (Å²) >= 11 is 0. The van der Waals surface area contributed by atoms with Gasteiger partial charge < -0.3 is 9.32 Å². The number of pyridine rings is 1. The monoisotopic (exact) mass is 614 g/mol. The predicted molar refractivity (Wildman–Crippen MR) is 200 cm³/mol. The highest BCUT2D eigenvalue weighted by molar-refractivity contribution is 6.12. The highest BCUT2D eigenvalue weighted by Gasteiger charge is 2.21. The van der Waals surface area contributed by atoms with Crippen molar-refractivity contribution >= 4 is 49.9 Å². The number of hydrogen-bond donors (Lipinski definition) is 0. The van der Waals surface area contributed by atoms with E-state index >= 15 is 0 Å². The van der Waals surface area contributed by atoms with Crippen LogP contribution in [0.5, 0.6) is 0 Å². The Balaban J connectivity index is 1.22. The third kappa shape index (κ3) is 4.99. The summed E-state index contributed by atoms with van der Waals surface area (Å²) in [6.45, 7) is 0. The molecule has 0 N–H and O–H groups in total. The molecule has 2 aromatic heterocycles. The number of rotatable bonds is 6. The molecule has 48 heavy (non-hydrogen) atoms. The molecule has 0 fully saturated rings. The quantitative estimate of drug-likeness (QED) is 0.187. The molecule has 0 bridgehead atoms. The minimum Gasteiger partial charge on any atom is -0.452 e. The first kappa shape index (κ1) is 27.8. The minimum atomic E-state index is 0.755. The van der Waals surface area contributed by atoms with Gasteiger partial charge in [0.1, 0.15) is 11.1 Å². The molecule has 0 radical (unpaired) electrons. The molecule has 0 aliphatic rings. The number of furan rings is 1. The zero-order valence-electron chi connectivity index (χ0n) is 26.1. The Bertz CT molecular complexity index is 2550. The van der Waals surface area contributed by atoms with E-state index in [1.807, 2.05) is 6.20 Å². The van der Waals surface area contributed by atoms with Crippen LogP contribution in [0.2, 0.25) is 0 Å². The maximum atomic E-state index is 6.70. The Morgan fingerprint density at radius 3 is 1.54 bits per heavy atom. The molecule has 0 saturated carbocycles. The van der Waals surface area contributed by atoms with E-state index in [1.165, 1.54) is 22.1 Å². The first-order valence-electron chi connectivity index (χ1n) is 16.2. The molecule has 0 amide bonds. The lowest BCUT2D eigenvalue weighted by Gasteiger charge is -2.26. The van der Waals surface area contributed by atoms with Gasteiger partial charge in [-0.25, -0.2) is 0 Å². The van der Waals surface area contributed by atoms with Gasteiger partial charge in [0.25, 0.3) is 0 Å². The summed E-state index contributed by atoms with van der Waals surface area (Å²) < 4.78 is 6.70. The summed E-state index contributed by atoms with van der Waals surface area (Å²) in [6.07, 6.45) is 1.89. The molecule has 7 aromatic carbocycles. The molecule has 9 rings (SSSR count). The number of hydrogen-bond acceptors (Lipinski definition) is 3. The van der Waals surface area contributed by atoms with Gasteiger partial charge in [-0.3, -0.25) is 4.98 Å². The van der Waals surface area contributed by atoms with Crippen molar-refractivity contribution in [3.8, 4) is 33.4 Å². The molecule has 9 aromatic rings. The highest BCUT2D eigenvalue weighted by atomic mass is 16.3. The Kier molecular flexibility index (Phi) is 6.80. The van der Waals surface area contributed by atoms with Crippen LogP contribution in [0.1, 0.15) is 0 Å². The van der Waals surface area contributed by atoms with Crippen LogP contribution < -0.4 is 4.90 Å². The van der Waals surface area contributed by atoms with Crippen LogP contribution >= 0.6 is 0 Å². The zero-order valence-corrected chi connectivity index (χ0v) is 26.1. The molecule has 0 aliphatic heterocycles. The second kappa shape index (κ2) is 11.7. The van der Waals surface area contributed by atoms with Crippen molar-refractivity contribution in [1.29, 1.82) is 0 Å². The highest BCUT2D eigenvalue weighted by Crippen LogP contribution is 2.43. The summed E-state index contributed by atoms with van der Waals surface area (Å²) in [4.78, 5) is 7.14. The second-order valence-corrected chi connectivity index (χ2v) is 12.1. The number of anilines is 3. The van der Waals surface area contributed by atoms with Crippen LogP contribution in [0, 0.1) is 0 Å². The van der Waals surface area contributed by atoms with Gasteiger partial charge in [0.15, 0.2) is 5.58 Å². The Morgan fingerprint density at radius 2 is 0.917 bits per heavy atom. The summed E-state index contributed by atoms with van der Waals surface area (Å²) in [5.41, 5.74) is 12.4. The first-order chi connectivity index (χ1) is 23.8. The average Bonchev–Trinajstić information content (AvgIpc) is 3.53. The van der Waals surface area contributed by atoms with E-state index in [9.17, 15) is 0 Å². The van der Waals surface area contributed by atoms with Crippen LogP contribution in [0.3, 0.4) is 0 Å². The van der Waals surface area contributed by atoms with E-state index in [-0.39, 0.29) is 0 Å². The van der Waals surface area contributed by atoms with Crippen LogP contribution in [0.4, 0.5) is 17.1 Å². The van der Waals surface area contributed by atoms with Crippen molar-refractivity contribution in [1.82, 2.24) is 4.98 Å². The normalized spacial score (nSPS) is 11.3. The number of benzene rings is 7. The van der Waals surface area contributed by atoms with E-state index in [1.54, 1.807) is 0 Å². The molecule has 0 aliphatic carbocycles. The van der Waals surface area contributed by atoms with Crippen molar-refractivity contribution in [2.45, 2.75) is 0 Å². The fourth-order valence-electron chi connectivity index (χ4n) is 6.70. The van der Waals surface area contributed by atoms with Crippen molar-refractivity contribution < 1.29 is 4.42 Å². The van der Waals surface area contributed by atoms with Crippen molar-refractivity contribution in [2.75, 3.05) is 4.90 Å². The molecule has 0 atom stereocenters. The largest absolute Gasteiger partial charge is 0.452 e. The molecular weight excluding hydrogens is 585 g/mol. The van der Waals surface area contributed by atoms with Gasteiger partial charge in [0.2, 0.25) is 0 Å². The average molecular weight is 615 g/mol. The molecular formula is C45H30N2O. The fourth-order valence-corrected chi connectivity index (χ4v) is 6.70. The summed E-state index contributed by atoms with van der Waals surface area (Å²) in [5.74, 6) is 0. The Hall–Kier alpha value is -6.45. The van der Waals surface area contributed by atoms with Gasteiger partial charge in [-0.05, 0) is 86.6 Å². The smallest absolute Gasteiger partial charge is 0.177 e. The third-order valence-electron chi connectivity index (χ3n) is 9.08. The van der Waals surface area contributed by atoms with Crippen LogP contribution in [-0.4, -0.2) is 4.98 Å². The minimum absolute atomic E-state index is 0.755. The van der Waals surface area contributed by atoms with E-state index in [4.69, 9.17) is 9.40 Å². The summed E-state index contributed by atoms with van der Waals surface area (Å²) in [6, 6.07) is 62.0. The van der Waals surface area contributed by atoms with E-state index < -0.39 is 0 Å². The zero-order chi connectivity index (χ0) is 31.9. The standard InChI is InChI=1S/C45H30N2O/c1-3-11-31(12-4-1)33-21-23-34(24-22-33)36-18-10-20-40(28-36)47(39-19-9-17-35(27-39)32-13-5-2-6-14-32)42-25-26-46-44-41-29-37-15-7-8-16-38(37)30-43(41)48-45(42)44/h1-30H.